The van der Waals surface area contributed by atoms with Crippen LogP contribution in [0.2, 0.25) is 0 Å². The minimum atomic E-state index is -0.321. The van der Waals surface area contributed by atoms with Crippen molar-refractivity contribution in [3.05, 3.63) is 34.9 Å². The SMILES string of the molecule is CC(=O)[C@]12C=CC3(CC1)[C@@H]1CCC4=C(CCC5(C4)OCCO5)C1=CC[C@@]32C. The van der Waals surface area contributed by atoms with Crippen LogP contribution in [-0.4, -0.2) is 24.8 Å². The second-order valence-electron chi connectivity index (χ2n) is 10.1. The summed E-state index contributed by atoms with van der Waals surface area (Å²) in [6.45, 7) is 5.72. The molecule has 5 aliphatic carbocycles. The van der Waals surface area contributed by atoms with Crippen molar-refractivity contribution in [2.75, 3.05) is 13.2 Å². The summed E-state index contributed by atoms with van der Waals surface area (Å²) < 4.78 is 12.0. The van der Waals surface area contributed by atoms with E-state index in [2.05, 4.69) is 25.2 Å². The normalized spacial score (nSPS) is 46.3. The van der Waals surface area contributed by atoms with E-state index in [4.69, 9.17) is 9.47 Å². The number of carbonyl (C=O) groups is 1. The third-order valence-electron chi connectivity index (χ3n) is 9.53. The maximum Gasteiger partial charge on any atom is 0.172 e. The molecule has 0 amide bonds. The van der Waals surface area contributed by atoms with Crippen LogP contribution in [0.1, 0.15) is 65.2 Å². The number of ether oxygens (including phenoxy) is 2. The molecule has 1 spiro atoms. The molecule has 1 saturated heterocycles. The lowest BCUT2D eigenvalue weighted by atomic mass is 9.49. The van der Waals surface area contributed by atoms with Gasteiger partial charge in [-0.2, -0.15) is 0 Å². The zero-order chi connectivity index (χ0) is 18.5. The fourth-order valence-electron chi connectivity index (χ4n) is 8.07. The Balaban J connectivity index is 1.42. The van der Waals surface area contributed by atoms with Gasteiger partial charge in [0.2, 0.25) is 0 Å². The van der Waals surface area contributed by atoms with Gasteiger partial charge >= 0.3 is 0 Å². The number of carbonyl (C=O) groups excluding carboxylic acids is 1. The van der Waals surface area contributed by atoms with E-state index in [1.807, 2.05) is 6.92 Å². The minimum Gasteiger partial charge on any atom is -0.347 e. The van der Waals surface area contributed by atoms with Crippen LogP contribution >= 0.6 is 0 Å². The van der Waals surface area contributed by atoms with Gasteiger partial charge in [0.15, 0.2) is 5.79 Å². The summed E-state index contributed by atoms with van der Waals surface area (Å²) in [5, 5.41) is 0. The predicted molar refractivity (Wildman–Crippen MR) is 103 cm³/mol. The lowest BCUT2D eigenvalue weighted by Gasteiger charge is -2.54. The summed E-state index contributed by atoms with van der Waals surface area (Å²) in [6, 6.07) is 0. The highest BCUT2D eigenvalue weighted by Crippen LogP contribution is 2.77. The van der Waals surface area contributed by atoms with Gasteiger partial charge in [-0.25, -0.2) is 0 Å². The Kier molecular flexibility index (Phi) is 3.13. The standard InChI is InChI=1S/C24H30O3/c1-16(25)22-9-11-23(12-10-22)20-4-3-17-15-24(26-13-14-27-24)8-6-18(17)19(20)5-7-21(22,23)2/h5,9,11,20H,3-4,6-8,10,12-15H2,1-2H3/t20-,21-,22+,23?/m1/s1. The number of hydrogen-bond acceptors (Lipinski definition) is 3. The van der Waals surface area contributed by atoms with Crippen LogP contribution in [0.4, 0.5) is 0 Å². The van der Waals surface area contributed by atoms with E-state index >= 15 is 0 Å². The van der Waals surface area contributed by atoms with Gasteiger partial charge in [-0.05, 0) is 67.9 Å². The van der Waals surface area contributed by atoms with E-state index < -0.39 is 0 Å². The molecule has 1 unspecified atom stereocenters. The minimum absolute atomic E-state index is 0.0750. The lowest BCUT2D eigenvalue weighted by Crippen LogP contribution is -2.49. The van der Waals surface area contributed by atoms with Gasteiger partial charge in [0.25, 0.3) is 0 Å². The van der Waals surface area contributed by atoms with Crippen molar-refractivity contribution < 1.29 is 14.3 Å². The first-order valence-corrected chi connectivity index (χ1v) is 10.9. The smallest absolute Gasteiger partial charge is 0.172 e. The molecule has 0 aromatic rings. The van der Waals surface area contributed by atoms with Crippen molar-refractivity contribution in [1.82, 2.24) is 0 Å². The molecule has 27 heavy (non-hydrogen) atoms. The van der Waals surface area contributed by atoms with Gasteiger partial charge in [-0.3, -0.25) is 4.79 Å². The van der Waals surface area contributed by atoms with Gasteiger partial charge in [0.1, 0.15) is 5.78 Å². The van der Waals surface area contributed by atoms with E-state index in [1.165, 1.54) is 19.3 Å². The maximum atomic E-state index is 12.7. The molecule has 3 heteroatoms. The highest BCUT2D eigenvalue weighted by molar-refractivity contribution is 5.87. The third-order valence-corrected chi connectivity index (χ3v) is 9.53. The van der Waals surface area contributed by atoms with Crippen molar-refractivity contribution in [2.24, 2.45) is 22.2 Å². The van der Waals surface area contributed by atoms with Crippen LogP contribution in [0.25, 0.3) is 0 Å². The van der Waals surface area contributed by atoms with Gasteiger partial charge in [0.05, 0.1) is 18.6 Å². The van der Waals surface area contributed by atoms with Crippen molar-refractivity contribution in [3.63, 3.8) is 0 Å². The van der Waals surface area contributed by atoms with Crippen LogP contribution in [0.3, 0.4) is 0 Å². The molecule has 2 fully saturated rings. The molecule has 4 atom stereocenters. The number of fused-ring (bicyclic) bond motifs is 2. The summed E-state index contributed by atoms with van der Waals surface area (Å²) in [6.07, 6.45) is 16.0. The molecule has 1 aliphatic heterocycles. The molecule has 1 heterocycles. The highest BCUT2D eigenvalue weighted by Gasteiger charge is 2.71. The van der Waals surface area contributed by atoms with Gasteiger partial charge in [0, 0.05) is 18.3 Å². The van der Waals surface area contributed by atoms with Crippen LogP contribution < -0.4 is 0 Å². The number of allylic oxidation sites excluding steroid dienone is 5. The summed E-state index contributed by atoms with van der Waals surface area (Å²) >= 11 is 0. The van der Waals surface area contributed by atoms with E-state index in [1.54, 1.807) is 16.7 Å². The Morgan fingerprint density at radius 3 is 2.63 bits per heavy atom. The molecule has 2 bridgehead atoms. The molecule has 6 rings (SSSR count). The molecule has 144 valence electrons. The maximum absolute atomic E-state index is 12.7. The molecular formula is C24H30O3. The van der Waals surface area contributed by atoms with E-state index in [0.717, 1.165) is 45.3 Å². The molecule has 0 aromatic carbocycles. The van der Waals surface area contributed by atoms with Gasteiger partial charge < -0.3 is 9.47 Å². The fraction of sp³-hybridized carbons (Fsp3) is 0.708. The average molecular weight is 367 g/mol. The molecular weight excluding hydrogens is 336 g/mol. The number of ketones is 1. The largest absolute Gasteiger partial charge is 0.347 e. The van der Waals surface area contributed by atoms with E-state index in [-0.39, 0.29) is 22.0 Å². The first kappa shape index (κ1) is 16.7. The summed E-state index contributed by atoms with van der Waals surface area (Å²) in [5.41, 5.74) is 4.87. The second kappa shape index (κ2) is 5.04. The fourth-order valence-corrected chi connectivity index (χ4v) is 8.07. The summed E-state index contributed by atoms with van der Waals surface area (Å²) in [7, 11) is 0. The topological polar surface area (TPSA) is 35.5 Å². The zero-order valence-electron chi connectivity index (χ0n) is 16.6. The molecule has 3 nitrogen and oxygen atoms in total. The quantitative estimate of drug-likeness (QED) is 0.620. The Bertz CT molecular complexity index is 827. The number of hydrogen-bond donors (Lipinski definition) is 0. The predicted octanol–water partition coefficient (Wildman–Crippen LogP) is 4.88. The molecule has 6 aliphatic rings. The van der Waals surface area contributed by atoms with Gasteiger partial charge in [-0.1, -0.05) is 30.7 Å². The van der Waals surface area contributed by atoms with Crippen LogP contribution in [-0.2, 0) is 14.3 Å². The number of Topliss-reactive ketones (excluding diaryl/α,β-unsaturated/α-hetero) is 1. The van der Waals surface area contributed by atoms with Crippen molar-refractivity contribution >= 4 is 5.78 Å². The number of rotatable bonds is 1. The molecule has 0 radical (unpaired) electrons. The van der Waals surface area contributed by atoms with Crippen molar-refractivity contribution in [3.8, 4) is 0 Å². The first-order chi connectivity index (χ1) is 13.0. The third kappa shape index (κ3) is 1.75. The Labute approximate surface area is 161 Å². The molecule has 0 N–H and O–H groups in total. The van der Waals surface area contributed by atoms with Crippen LogP contribution in [0.15, 0.2) is 34.9 Å². The van der Waals surface area contributed by atoms with Crippen molar-refractivity contribution in [2.45, 2.75) is 71.0 Å². The van der Waals surface area contributed by atoms with E-state index in [9.17, 15) is 4.79 Å². The summed E-state index contributed by atoms with van der Waals surface area (Å²) in [4.78, 5) is 12.7. The Hall–Kier alpha value is -1.19. The highest BCUT2D eigenvalue weighted by atomic mass is 16.7. The average Bonchev–Trinajstić information content (AvgIpc) is 3.30. The zero-order valence-corrected chi connectivity index (χ0v) is 16.6. The van der Waals surface area contributed by atoms with E-state index in [0.29, 0.717) is 11.7 Å². The first-order valence-electron chi connectivity index (χ1n) is 10.9. The molecule has 1 saturated carbocycles. The molecule has 0 aromatic heterocycles. The van der Waals surface area contributed by atoms with Crippen LogP contribution in [0, 0.1) is 22.2 Å². The van der Waals surface area contributed by atoms with Crippen LogP contribution in [0.5, 0.6) is 0 Å². The Morgan fingerprint density at radius 1 is 1.11 bits per heavy atom. The van der Waals surface area contributed by atoms with Crippen molar-refractivity contribution in [1.29, 1.82) is 0 Å². The summed E-state index contributed by atoms with van der Waals surface area (Å²) in [5.74, 6) is 0.649. The monoisotopic (exact) mass is 366 g/mol. The lowest BCUT2D eigenvalue weighted by molar-refractivity contribution is -0.164. The second-order valence-corrected chi connectivity index (χ2v) is 10.1. The van der Waals surface area contributed by atoms with Gasteiger partial charge in [-0.15, -0.1) is 0 Å². The Morgan fingerprint density at radius 2 is 1.93 bits per heavy atom.